The van der Waals surface area contributed by atoms with Crippen LogP contribution >= 0.6 is 0 Å². The predicted octanol–water partition coefficient (Wildman–Crippen LogP) is 5.50. The summed E-state index contributed by atoms with van der Waals surface area (Å²) in [5.41, 5.74) is 4.57. The summed E-state index contributed by atoms with van der Waals surface area (Å²) in [5, 5.41) is 3.00. The van der Waals surface area contributed by atoms with E-state index in [2.05, 4.69) is 31.8 Å². The van der Waals surface area contributed by atoms with Gasteiger partial charge in [0.05, 0.1) is 12.3 Å². The number of hydrogen-bond donors (Lipinski definition) is 1. The maximum Gasteiger partial charge on any atom is 0.183 e. The van der Waals surface area contributed by atoms with E-state index in [1.54, 1.807) is 12.1 Å². The first kappa shape index (κ1) is 18.8. The van der Waals surface area contributed by atoms with Crippen LogP contribution < -0.4 is 10.1 Å². The Hall–Kier alpha value is -2.49. The van der Waals surface area contributed by atoms with Gasteiger partial charge in [0, 0.05) is 5.56 Å². The minimum absolute atomic E-state index is 0.125. The number of anilines is 1. The lowest BCUT2D eigenvalue weighted by Gasteiger charge is -2.17. The summed E-state index contributed by atoms with van der Waals surface area (Å²) in [6.07, 6.45) is 0.980. The maximum atomic E-state index is 14.3. The van der Waals surface area contributed by atoms with Crippen molar-refractivity contribution in [3.63, 3.8) is 0 Å². The number of benzene rings is 2. The summed E-state index contributed by atoms with van der Waals surface area (Å²) in [4.78, 5) is 0. The molecule has 0 saturated heterocycles. The molecule has 0 spiro atoms. The van der Waals surface area contributed by atoms with E-state index in [4.69, 9.17) is 9.47 Å². The van der Waals surface area contributed by atoms with Crippen molar-refractivity contribution >= 4 is 5.69 Å². The van der Waals surface area contributed by atoms with E-state index in [1.165, 1.54) is 17.2 Å². The Bertz CT molecular complexity index is 756. The van der Waals surface area contributed by atoms with Crippen molar-refractivity contribution in [2.75, 3.05) is 11.9 Å². The van der Waals surface area contributed by atoms with Crippen LogP contribution in [0.2, 0.25) is 0 Å². The van der Waals surface area contributed by atoms with Gasteiger partial charge in [-0.2, -0.15) is 0 Å². The first-order chi connectivity index (χ1) is 12.0. The third kappa shape index (κ3) is 4.75. The van der Waals surface area contributed by atoms with Gasteiger partial charge in [0.1, 0.15) is 18.2 Å². The molecular formula is C21H26FNO2. The highest BCUT2D eigenvalue weighted by atomic mass is 19.1. The van der Waals surface area contributed by atoms with Gasteiger partial charge < -0.3 is 14.8 Å². The van der Waals surface area contributed by atoms with Crippen molar-refractivity contribution in [3.05, 3.63) is 70.9 Å². The Morgan fingerprint density at radius 3 is 2.60 bits per heavy atom. The summed E-state index contributed by atoms with van der Waals surface area (Å²) >= 11 is 0. The first-order valence-electron chi connectivity index (χ1n) is 8.55. The van der Waals surface area contributed by atoms with Gasteiger partial charge >= 0.3 is 0 Å². The summed E-state index contributed by atoms with van der Waals surface area (Å²) < 4.78 is 25.5. The van der Waals surface area contributed by atoms with Crippen molar-refractivity contribution in [3.8, 4) is 5.75 Å². The lowest BCUT2D eigenvalue weighted by atomic mass is 10.0. The first-order valence-corrected chi connectivity index (χ1v) is 8.55. The number of aryl methyl sites for hydroxylation is 3. The molecule has 0 unspecified atom stereocenters. The normalized spacial score (nSPS) is 10.4. The number of rotatable bonds is 8. The van der Waals surface area contributed by atoms with Gasteiger partial charge in [-0.3, -0.25) is 0 Å². The van der Waals surface area contributed by atoms with Crippen LogP contribution in [0.25, 0.3) is 0 Å². The van der Waals surface area contributed by atoms with Crippen molar-refractivity contribution < 1.29 is 13.9 Å². The molecule has 0 amide bonds. The maximum absolute atomic E-state index is 14.3. The van der Waals surface area contributed by atoms with Crippen LogP contribution in [0.15, 0.2) is 42.8 Å². The molecule has 0 atom stereocenters. The van der Waals surface area contributed by atoms with E-state index >= 15 is 0 Å². The third-order valence-electron chi connectivity index (χ3n) is 4.10. The molecule has 0 radical (unpaired) electrons. The van der Waals surface area contributed by atoms with Crippen molar-refractivity contribution in [1.29, 1.82) is 0 Å². The monoisotopic (exact) mass is 343 g/mol. The molecule has 134 valence electrons. The Morgan fingerprint density at radius 2 is 1.92 bits per heavy atom. The lowest BCUT2D eigenvalue weighted by molar-refractivity contribution is 0.236. The summed E-state index contributed by atoms with van der Waals surface area (Å²) in [6.45, 7) is 12.5. The highest BCUT2D eigenvalue weighted by Gasteiger charge is 2.12. The molecule has 0 heterocycles. The van der Waals surface area contributed by atoms with Gasteiger partial charge in [0.2, 0.25) is 0 Å². The highest BCUT2D eigenvalue weighted by Crippen LogP contribution is 2.27. The van der Waals surface area contributed by atoms with Crippen LogP contribution in [0.3, 0.4) is 0 Å². The van der Waals surface area contributed by atoms with E-state index in [-0.39, 0.29) is 12.4 Å². The van der Waals surface area contributed by atoms with Crippen LogP contribution in [0.1, 0.15) is 36.1 Å². The van der Waals surface area contributed by atoms with Gasteiger partial charge in [-0.05, 0) is 68.7 Å². The van der Waals surface area contributed by atoms with Gasteiger partial charge in [-0.1, -0.05) is 19.1 Å². The zero-order valence-corrected chi connectivity index (χ0v) is 15.4. The van der Waals surface area contributed by atoms with Crippen LogP contribution in [0.4, 0.5) is 10.1 Å². The standard InChI is InChI=1S/C21H26FNO2/c1-6-17-11-15(4)21(12-14(17)3)25-13-18-19(22)9-8-10-20(18)23-16(5)24-7-2/h8-12,23H,5-7,13H2,1-4H3. The Kier molecular flexibility index (Phi) is 6.45. The number of halogens is 1. The van der Waals surface area contributed by atoms with Gasteiger partial charge in [-0.25, -0.2) is 4.39 Å². The molecule has 25 heavy (non-hydrogen) atoms. The third-order valence-corrected chi connectivity index (χ3v) is 4.10. The van der Waals surface area contributed by atoms with Crippen molar-refractivity contribution in [2.24, 2.45) is 0 Å². The van der Waals surface area contributed by atoms with Crippen molar-refractivity contribution in [1.82, 2.24) is 0 Å². The molecule has 3 nitrogen and oxygen atoms in total. The topological polar surface area (TPSA) is 30.5 Å². The van der Waals surface area contributed by atoms with Gasteiger partial charge in [0.25, 0.3) is 0 Å². The number of hydrogen-bond acceptors (Lipinski definition) is 3. The van der Waals surface area contributed by atoms with Gasteiger partial charge in [-0.15, -0.1) is 0 Å². The highest BCUT2D eigenvalue weighted by molar-refractivity contribution is 5.54. The van der Waals surface area contributed by atoms with Crippen LogP contribution in [0.5, 0.6) is 5.75 Å². The molecule has 0 bridgehead atoms. The molecule has 2 aromatic rings. The summed E-state index contributed by atoms with van der Waals surface area (Å²) in [5.74, 6) is 0.829. The molecule has 2 rings (SSSR count). The van der Waals surface area contributed by atoms with E-state index in [1.807, 2.05) is 19.9 Å². The van der Waals surface area contributed by atoms with E-state index in [0.717, 1.165) is 17.7 Å². The van der Waals surface area contributed by atoms with Crippen LogP contribution in [-0.4, -0.2) is 6.61 Å². The van der Waals surface area contributed by atoms with E-state index in [0.29, 0.717) is 23.7 Å². The number of nitrogens with one attached hydrogen (secondary N) is 1. The van der Waals surface area contributed by atoms with Crippen molar-refractivity contribution in [2.45, 2.75) is 40.7 Å². The fraction of sp³-hybridized carbons (Fsp3) is 0.333. The fourth-order valence-electron chi connectivity index (χ4n) is 2.72. The zero-order chi connectivity index (χ0) is 18.4. The predicted molar refractivity (Wildman–Crippen MR) is 100 cm³/mol. The average molecular weight is 343 g/mol. The molecule has 0 saturated carbocycles. The second kappa shape index (κ2) is 8.56. The summed E-state index contributed by atoms with van der Waals surface area (Å²) in [6, 6.07) is 8.99. The van der Waals surface area contributed by atoms with Crippen LogP contribution in [-0.2, 0) is 17.8 Å². The molecule has 2 aromatic carbocycles. The lowest BCUT2D eigenvalue weighted by Crippen LogP contribution is -2.08. The number of ether oxygens (including phenoxy) is 2. The largest absolute Gasteiger partial charge is 0.488 e. The van der Waals surface area contributed by atoms with E-state index in [9.17, 15) is 4.39 Å². The van der Waals surface area contributed by atoms with E-state index < -0.39 is 0 Å². The minimum Gasteiger partial charge on any atom is -0.488 e. The molecule has 0 aliphatic rings. The fourth-order valence-corrected chi connectivity index (χ4v) is 2.72. The molecule has 0 fully saturated rings. The second-order valence-corrected chi connectivity index (χ2v) is 5.93. The molecule has 1 N–H and O–H groups in total. The molecule has 0 aliphatic heterocycles. The zero-order valence-electron chi connectivity index (χ0n) is 15.4. The smallest absolute Gasteiger partial charge is 0.183 e. The molecular weight excluding hydrogens is 317 g/mol. The average Bonchev–Trinajstić information content (AvgIpc) is 2.57. The van der Waals surface area contributed by atoms with Gasteiger partial charge in [0.15, 0.2) is 5.88 Å². The van der Waals surface area contributed by atoms with Crippen LogP contribution in [0, 0.1) is 19.7 Å². The Balaban J connectivity index is 2.20. The SMILES string of the molecule is C=C(Nc1cccc(F)c1COc1cc(C)c(CC)cc1C)OCC. The Morgan fingerprint density at radius 1 is 1.16 bits per heavy atom. The summed E-state index contributed by atoms with van der Waals surface area (Å²) in [7, 11) is 0. The molecule has 0 aromatic heterocycles. The molecule has 0 aliphatic carbocycles. The quantitative estimate of drug-likeness (QED) is 0.642. The Labute approximate surface area is 149 Å². The molecule has 4 heteroatoms. The second-order valence-electron chi connectivity index (χ2n) is 5.93. The minimum atomic E-state index is -0.325.